The van der Waals surface area contributed by atoms with Crippen molar-refractivity contribution in [3.05, 3.63) is 172 Å². The summed E-state index contributed by atoms with van der Waals surface area (Å²) in [5, 5.41) is 4.08. The molecule has 3 heteroatoms. The van der Waals surface area contributed by atoms with Gasteiger partial charge in [-0.3, -0.25) is 0 Å². The van der Waals surface area contributed by atoms with Crippen LogP contribution in [-0.4, -0.2) is 22.0 Å². The van der Waals surface area contributed by atoms with Crippen LogP contribution >= 0.6 is 0 Å². The highest BCUT2D eigenvalue weighted by Crippen LogP contribution is 2.52. The minimum Gasteiger partial charge on any atom is -0.360 e. The predicted molar refractivity (Wildman–Crippen MR) is 206 cm³/mol. The first kappa shape index (κ1) is 30.3. The molecule has 1 N–H and O–H groups in total. The van der Waals surface area contributed by atoms with E-state index in [9.17, 15) is 0 Å². The van der Waals surface area contributed by atoms with Gasteiger partial charge in [-0.1, -0.05) is 109 Å². The molecule has 2 heterocycles. The van der Waals surface area contributed by atoms with Crippen LogP contribution in [0.3, 0.4) is 0 Å². The number of hydrogen-bond acceptors (Lipinski definition) is 3. The lowest BCUT2D eigenvalue weighted by Crippen LogP contribution is -2.40. The molecule has 1 aromatic carbocycles. The second-order valence-corrected chi connectivity index (χ2v) is 15.6. The van der Waals surface area contributed by atoms with Gasteiger partial charge in [0, 0.05) is 28.9 Å². The molecule has 0 radical (unpaired) electrons. The second-order valence-electron chi connectivity index (χ2n) is 15.6. The number of hydrogen-bond donors (Lipinski definition) is 1. The summed E-state index contributed by atoms with van der Waals surface area (Å²) < 4.78 is 0. The molecule has 252 valence electrons. The first-order chi connectivity index (χ1) is 24.8. The third kappa shape index (κ3) is 5.15. The average molecular weight is 656 g/mol. The fourth-order valence-corrected chi connectivity index (χ4v) is 10.5. The maximum Gasteiger partial charge on any atom is 0.126 e. The molecule has 0 bridgehead atoms. The Bertz CT molecular complexity index is 1960. The van der Waals surface area contributed by atoms with Crippen molar-refractivity contribution in [2.75, 3.05) is 0 Å². The number of allylic oxidation sites excluding steroid dienone is 18. The van der Waals surface area contributed by atoms with Crippen LogP contribution in [-0.2, 0) is 6.42 Å². The van der Waals surface area contributed by atoms with E-state index in [4.69, 9.17) is 0 Å². The normalized spacial score (nSPS) is 31.7. The molecule has 2 aliphatic heterocycles. The van der Waals surface area contributed by atoms with Crippen molar-refractivity contribution >= 4 is 6.08 Å². The quantitative estimate of drug-likeness (QED) is 0.341. The number of aryl methyl sites for hydroxylation is 1. The minimum atomic E-state index is 0.184. The van der Waals surface area contributed by atoms with Crippen LogP contribution in [0.1, 0.15) is 86.8 Å². The molecule has 0 saturated carbocycles. The topological polar surface area (TPSA) is 18.5 Å². The standard InChI is InChI=1S/C47H49N3/c1-2-13-37(14-3-1)49(38-27-23-33(24-28-38)36-22-21-32-11-4-5-12-35(32)31-36)39-29-25-34(26-30-39)47-48-44-19-10-18-43-41-16-7-6-15-40(41)42-17-8-9-20-45(42)50(47)46(43)44/h1-4,6-9,11,13,15-16,19-22,25,27,29,31,33,37,40-42,47-48H,5,10,12,14,17-18,23-24,26,28,30H2. The molecule has 6 unspecified atom stereocenters. The van der Waals surface area contributed by atoms with E-state index in [2.05, 4.69) is 137 Å². The number of benzene rings is 1. The van der Waals surface area contributed by atoms with E-state index in [1.54, 1.807) is 5.57 Å². The largest absolute Gasteiger partial charge is 0.360 e. The highest BCUT2D eigenvalue weighted by molar-refractivity contribution is 5.57. The number of nitrogens with zero attached hydrogens (tertiary/aromatic N) is 2. The number of fused-ring (bicyclic) bond motifs is 6. The predicted octanol–water partition coefficient (Wildman–Crippen LogP) is 10.6. The Morgan fingerprint density at radius 3 is 2.56 bits per heavy atom. The van der Waals surface area contributed by atoms with Crippen LogP contribution in [0.15, 0.2) is 155 Å². The van der Waals surface area contributed by atoms with Crippen molar-refractivity contribution in [3.8, 4) is 0 Å². The summed E-state index contributed by atoms with van der Waals surface area (Å²) in [5.41, 5.74) is 15.0. The molecule has 1 saturated heterocycles. The van der Waals surface area contributed by atoms with E-state index >= 15 is 0 Å². The molecule has 10 rings (SSSR count). The monoisotopic (exact) mass is 655 g/mol. The molecule has 1 fully saturated rings. The summed E-state index contributed by atoms with van der Waals surface area (Å²) in [4.78, 5) is 5.47. The first-order valence-corrected chi connectivity index (χ1v) is 19.5. The SMILES string of the molecule is C1=CCC2C(=C1)N1C3=C(CCC=C3NC1C1=CC=C(N(C3=CCC(c4ccc5c(c4)CCC=C5)CC3)C3C=CC=CC3)CC1)C1C=CC=CC12. The fourth-order valence-electron chi connectivity index (χ4n) is 10.5. The van der Waals surface area contributed by atoms with E-state index in [-0.39, 0.29) is 6.17 Å². The summed E-state index contributed by atoms with van der Waals surface area (Å²) >= 11 is 0. The van der Waals surface area contributed by atoms with Gasteiger partial charge in [0.1, 0.15) is 6.17 Å². The molecule has 3 nitrogen and oxygen atoms in total. The van der Waals surface area contributed by atoms with E-state index in [1.807, 2.05) is 0 Å². The van der Waals surface area contributed by atoms with Gasteiger partial charge in [-0.25, -0.2) is 0 Å². The Morgan fingerprint density at radius 1 is 0.740 bits per heavy atom. The smallest absolute Gasteiger partial charge is 0.126 e. The van der Waals surface area contributed by atoms with E-state index in [0.29, 0.717) is 29.7 Å². The summed E-state index contributed by atoms with van der Waals surface area (Å²) in [6.07, 6.45) is 53.3. The van der Waals surface area contributed by atoms with Crippen molar-refractivity contribution in [2.24, 2.45) is 17.8 Å². The van der Waals surface area contributed by atoms with Crippen molar-refractivity contribution in [1.29, 1.82) is 0 Å². The highest BCUT2D eigenvalue weighted by atomic mass is 15.4. The lowest BCUT2D eigenvalue weighted by atomic mass is 9.71. The Morgan fingerprint density at radius 2 is 1.68 bits per heavy atom. The first-order valence-electron chi connectivity index (χ1n) is 19.5. The molecule has 9 aliphatic rings. The van der Waals surface area contributed by atoms with E-state index < -0.39 is 0 Å². The zero-order valence-electron chi connectivity index (χ0n) is 29.2. The van der Waals surface area contributed by atoms with Crippen molar-refractivity contribution in [2.45, 2.75) is 88.8 Å². The molecular formula is C47H49N3. The van der Waals surface area contributed by atoms with E-state index in [0.717, 1.165) is 51.4 Å². The summed E-state index contributed by atoms with van der Waals surface area (Å²) in [6.45, 7) is 0. The molecule has 0 amide bonds. The molecular weight excluding hydrogens is 607 g/mol. The Labute approximate surface area is 298 Å². The van der Waals surface area contributed by atoms with Crippen LogP contribution in [0.5, 0.6) is 0 Å². The van der Waals surface area contributed by atoms with Gasteiger partial charge in [0.2, 0.25) is 0 Å². The maximum atomic E-state index is 4.08. The van der Waals surface area contributed by atoms with Crippen LogP contribution in [0.25, 0.3) is 6.08 Å². The zero-order chi connectivity index (χ0) is 33.0. The molecule has 50 heavy (non-hydrogen) atoms. The zero-order valence-corrected chi connectivity index (χ0v) is 29.2. The van der Waals surface area contributed by atoms with Gasteiger partial charge >= 0.3 is 0 Å². The van der Waals surface area contributed by atoms with Crippen molar-refractivity contribution < 1.29 is 0 Å². The molecule has 0 spiro atoms. The molecule has 1 aromatic rings. The third-order valence-corrected chi connectivity index (χ3v) is 12.9. The van der Waals surface area contributed by atoms with Gasteiger partial charge in [-0.15, -0.1) is 0 Å². The number of rotatable bonds is 5. The van der Waals surface area contributed by atoms with Crippen LogP contribution in [0, 0.1) is 17.8 Å². The van der Waals surface area contributed by atoms with Gasteiger partial charge in [0.05, 0.1) is 17.4 Å². The summed E-state index contributed by atoms with van der Waals surface area (Å²) in [5.74, 6) is 2.16. The molecule has 6 atom stereocenters. The van der Waals surface area contributed by atoms with Gasteiger partial charge in [0.25, 0.3) is 0 Å². The summed E-state index contributed by atoms with van der Waals surface area (Å²) in [7, 11) is 0. The Kier molecular flexibility index (Phi) is 7.69. The second kappa shape index (κ2) is 12.7. The highest BCUT2D eigenvalue weighted by Gasteiger charge is 2.47. The fraction of sp³-hybridized carbons (Fsp3) is 0.362. The van der Waals surface area contributed by atoms with Crippen LogP contribution < -0.4 is 5.32 Å². The Hall–Kier alpha value is -4.50. The summed E-state index contributed by atoms with van der Waals surface area (Å²) in [6, 6.07) is 7.66. The lowest BCUT2D eigenvalue weighted by molar-refractivity contribution is 0.290. The van der Waals surface area contributed by atoms with Crippen molar-refractivity contribution in [3.63, 3.8) is 0 Å². The van der Waals surface area contributed by atoms with E-state index in [1.165, 1.54) is 70.0 Å². The van der Waals surface area contributed by atoms with Gasteiger partial charge in [-0.2, -0.15) is 0 Å². The lowest BCUT2D eigenvalue weighted by Gasteiger charge is -2.40. The average Bonchev–Trinajstić information content (AvgIpc) is 3.53. The minimum absolute atomic E-state index is 0.184. The van der Waals surface area contributed by atoms with Gasteiger partial charge < -0.3 is 15.1 Å². The Balaban J connectivity index is 0.959. The number of nitrogens with one attached hydrogen (secondary N) is 1. The third-order valence-electron chi connectivity index (χ3n) is 12.9. The van der Waals surface area contributed by atoms with Gasteiger partial charge in [-0.05, 0) is 122 Å². The maximum absolute atomic E-state index is 4.08. The molecule has 7 aliphatic carbocycles. The van der Waals surface area contributed by atoms with Crippen LogP contribution in [0.2, 0.25) is 0 Å². The molecule has 0 aromatic heterocycles. The van der Waals surface area contributed by atoms with Gasteiger partial charge in [0.15, 0.2) is 0 Å². The van der Waals surface area contributed by atoms with Crippen LogP contribution in [0.4, 0.5) is 0 Å². The van der Waals surface area contributed by atoms with Crippen molar-refractivity contribution in [1.82, 2.24) is 15.1 Å².